The Labute approximate surface area is 131 Å². The van der Waals surface area contributed by atoms with Gasteiger partial charge in [0.05, 0.1) is 6.10 Å². The van der Waals surface area contributed by atoms with Crippen molar-refractivity contribution < 1.29 is 13.9 Å². The van der Waals surface area contributed by atoms with Crippen molar-refractivity contribution in [2.24, 2.45) is 5.41 Å². The van der Waals surface area contributed by atoms with E-state index in [9.17, 15) is 9.18 Å². The minimum Gasteiger partial charge on any atom is -0.381 e. The van der Waals surface area contributed by atoms with Gasteiger partial charge in [-0.1, -0.05) is 12.1 Å². The van der Waals surface area contributed by atoms with E-state index in [1.54, 1.807) is 13.2 Å². The van der Waals surface area contributed by atoms with E-state index in [1.165, 1.54) is 18.6 Å². The molecule has 22 heavy (non-hydrogen) atoms. The van der Waals surface area contributed by atoms with Crippen molar-refractivity contribution >= 4 is 5.91 Å². The molecule has 4 heteroatoms. The number of nitrogens with zero attached hydrogens (tertiary/aromatic N) is 1. The molecular weight excluding hydrogens is 281 g/mol. The largest absolute Gasteiger partial charge is 0.381 e. The maximum atomic E-state index is 13.2. The third kappa shape index (κ3) is 3.32. The Morgan fingerprint density at radius 2 is 2.32 bits per heavy atom. The lowest BCUT2D eigenvalue weighted by molar-refractivity contribution is -0.130. The minimum absolute atomic E-state index is 0.196. The van der Waals surface area contributed by atoms with E-state index in [1.807, 2.05) is 11.0 Å². The number of methoxy groups -OCH3 is 1. The molecule has 1 aromatic rings. The molecule has 1 aliphatic heterocycles. The third-order valence-corrected chi connectivity index (χ3v) is 5.30. The lowest BCUT2D eigenvalue weighted by Crippen LogP contribution is -2.31. The lowest BCUT2D eigenvalue weighted by atomic mass is 9.85. The number of aryl methyl sites for hydroxylation is 1. The Hall–Kier alpha value is -1.42. The molecule has 1 amide bonds. The monoisotopic (exact) mass is 305 g/mol. The molecule has 2 unspecified atom stereocenters. The molecule has 1 heterocycles. The summed E-state index contributed by atoms with van der Waals surface area (Å²) in [7, 11) is 1.78. The average molecular weight is 305 g/mol. The number of hydrogen-bond acceptors (Lipinski definition) is 2. The van der Waals surface area contributed by atoms with Crippen LogP contribution >= 0.6 is 0 Å². The molecule has 2 fully saturated rings. The summed E-state index contributed by atoms with van der Waals surface area (Å²) in [6, 6.07) is 6.52. The first kappa shape index (κ1) is 15.5. The molecule has 120 valence electrons. The molecule has 1 spiro atoms. The van der Waals surface area contributed by atoms with Crippen LogP contribution in [0, 0.1) is 11.2 Å². The zero-order valence-corrected chi connectivity index (χ0v) is 13.2. The Morgan fingerprint density at radius 3 is 3.05 bits per heavy atom. The average Bonchev–Trinajstić information content (AvgIpc) is 3.12. The molecule has 0 aromatic heterocycles. The first-order valence-corrected chi connectivity index (χ1v) is 8.15. The van der Waals surface area contributed by atoms with Gasteiger partial charge in [0.2, 0.25) is 5.91 Å². The summed E-state index contributed by atoms with van der Waals surface area (Å²) in [5.41, 5.74) is 1.18. The van der Waals surface area contributed by atoms with Crippen LogP contribution in [0.3, 0.4) is 0 Å². The summed E-state index contributed by atoms with van der Waals surface area (Å²) in [6.07, 6.45) is 5.90. The topological polar surface area (TPSA) is 29.5 Å². The minimum atomic E-state index is -0.235. The predicted molar refractivity (Wildman–Crippen MR) is 83.0 cm³/mol. The van der Waals surface area contributed by atoms with Gasteiger partial charge in [-0.3, -0.25) is 4.79 Å². The van der Waals surface area contributed by atoms with E-state index in [0.717, 1.165) is 37.9 Å². The second-order valence-corrected chi connectivity index (χ2v) is 6.80. The number of ether oxygens (including phenoxy) is 1. The van der Waals surface area contributed by atoms with Gasteiger partial charge in [0.1, 0.15) is 5.82 Å². The molecule has 0 radical (unpaired) electrons. The van der Waals surface area contributed by atoms with E-state index in [2.05, 4.69) is 0 Å². The fourth-order valence-corrected chi connectivity index (χ4v) is 3.98. The molecule has 2 aliphatic rings. The van der Waals surface area contributed by atoms with Gasteiger partial charge in [0, 0.05) is 26.6 Å². The molecule has 2 atom stereocenters. The molecule has 1 saturated carbocycles. The number of likely N-dealkylation sites (tertiary alicyclic amines) is 1. The van der Waals surface area contributed by atoms with Crippen LogP contribution in [-0.2, 0) is 16.0 Å². The molecule has 1 aliphatic carbocycles. The smallest absolute Gasteiger partial charge is 0.222 e. The fourth-order valence-electron chi connectivity index (χ4n) is 3.98. The molecule has 3 rings (SSSR count). The van der Waals surface area contributed by atoms with Crippen LogP contribution in [0.15, 0.2) is 24.3 Å². The van der Waals surface area contributed by atoms with Gasteiger partial charge in [-0.05, 0) is 55.2 Å². The van der Waals surface area contributed by atoms with Crippen molar-refractivity contribution in [1.82, 2.24) is 4.90 Å². The van der Waals surface area contributed by atoms with Crippen molar-refractivity contribution in [3.8, 4) is 0 Å². The van der Waals surface area contributed by atoms with Gasteiger partial charge in [0.15, 0.2) is 0 Å². The van der Waals surface area contributed by atoms with Gasteiger partial charge in [-0.15, -0.1) is 0 Å². The second kappa shape index (κ2) is 6.37. The Bertz CT molecular complexity index is 548. The highest BCUT2D eigenvalue weighted by atomic mass is 19.1. The number of hydrogen-bond donors (Lipinski definition) is 0. The lowest BCUT2D eigenvalue weighted by Gasteiger charge is -2.24. The number of carbonyl (C=O) groups is 1. The van der Waals surface area contributed by atoms with Gasteiger partial charge in [-0.25, -0.2) is 4.39 Å². The molecule has 1 aromatic carbocycles. The Balaban J connectivity index is 1.52. The van der Waals surface area contributed by atoms with E-state index >= 15 is 0 Å². The van der Waals surface area contributed by atoms with Crippen molar-refractivity contribution in [2.45, 2.75) is 44.6 Å². The quantitative estimate of drug-likeness (QED) is 0.855. The van der Waals surface area contributed by atoms with Crippen LogP contribution in [0.25, 0.3) is 0 Å². The number of rotatable bonds is 4. The number of benzene rings is 1. The van der Waals surface area contributed by atoms with Gasteiger partial charge in [-0.2, -0.15) is 0 Å². The van der Waals surface area contributed by atoms with E-state index < -0.39 is 0 Å². The van der Waals surface area contributed by atoms with Crippen molar-refractivity contribution in [1.29, 1.82) is 0 Å². The summed E-state index contributed by atoms with van der Waals surface area (Å²) < 4.78 is 18.6. The van der Waals surface area contributed by atoms with Crippen LogP contribution in [0.1, 0.15) is 37.7 Å². The maximum absolute atomic E-state index is 13.2. The molecule has 1 saturated heterocycles. The summed E-state index contributed by atoms with van der Waals surface area (Å²) >= 11 is 0. The van der Waals surface area contributed by atoms with E-state index in [0.29, 0.717) is 18.9 Å². The first-order chi connectivity index (χ1) is 10.6. The maximum Gasteiger partial charge on any atom is 0.222 e. The number of carbonyl (C=O) groups excluding carboxylic acids is 1. The normalized spacial score (nSPS) is 27.7. The Kier molecular flexibility index (Phi) is 4.48. The molecular formula is C18H24FNO2. The van der Waals surface area contributed by atoms with Gasteiger partial charge < -0.3 is 9.64 Å². The summed E-state index contributed by atoms with van der Waals surface area (Å²) in [5.74, 6) is -0.0383. The van der Waals surface area contributed by atoms with Crippen LogP contribution in [0.4, 0.5) is 4.39 Å². The Morgan fingerprint density at radius 1 is 1.45 bits per heavy atom. The van der Waals surface area contributed by atoms with Crippen molar-refractivity contribution in [2.75, 3.05) is 20.2 Å². The SMILES string of the molecule is COC1CCC2(CCN(C(=O)CCc3cccc(F)c3)C2)C1. The van der Waals surface area contributed by atoms with Crippen LogP contribution in [0.5, 0.6) is 0 Å². The van der Waals surface area contributed by atoms with E-state index in [4.69, 9.17) is 4.74 Å². The fraction of sp³-hybridized carbons (Fsp3) is 0.611. The van der Waals surface area contributed by atoms with Gasteiger partial charge in [0.25, 0.3) is 0 Å². The highest BCUT2D eigenvalue weighted by Crippen LogP contribution is 2.46. The molecule has 0 N–H and O–H groups in total. The molecule has 0 bridgehead atoms. The summed E-state index contributed by atoms with van der Waals surface area (Å²) in [4.78, 5) is 14.4. The summed E-state index contributed by atoms with van der Waals surface area (Å²) in [5, 5.41) is 0. The zero-order valence-electron chi connectivity index (χ0n) is 13.2. The zero-order chi connectivity index (χ0) is 15.6. The molecule has 3 nitrogen and oxygen atoms in total. The van der Waals surface area contributed by atoms with Crippen molar-refractivity contribution in [3.05, 3.63) is 35.6 Å². The number of halogens is 1. The number of amides is 1. The van der Waals surface area contributed by atoms with Crippen molar-refractivity contribution in [3.63, 3.8) is 0 Å². The summed E-state index contributed by atoms with van der Waals surface area (Å²) in [6.45, 7) is 1.73. The van der Waals surface area contributed by atoms with Crippen LogP contribution in [0.2, 0.25) is 0 Å². The standard InChI is InChI=1S/C18H24FNO2/c1-22-16-7-8-18(12-16)9-10-20(13-18)17(21)6-5-14-3-2-4-15(19)11-14/h2-4,11,16H,5-10,12-13H2,1H3. The predicted octanol–water partition coefficient (Wildman–Crippen LogP) is 3.18. The van der Waals surface area contributed by atoms with Gasteiger partial charge >= 0.3 is 0 Å². The highest BCUT2D eigenvalue weighted by Gasteiger charge is 2.45. The third-order valence-electron chi connectivity index (χ3n) is 5.30. The van der Waals surface area contributed by atoms with E-state index in [-0.39, 0.29) is 17.1 Å². The second-order valence-electron chi connectivity index (χ2n) is 6.80. The first-order valence-electron chi connectivity index (χ1n) is 8.15. The van der Waals surface area contributed by atoms with Crippen LogP contribution in [-0.4, -0.2) is 37.1 Å². The highest BCUT2D eigenvalue weighted by molar-refractivity contribution is 5.76. The van der Waals surface area contributed by atoms with Crippen LogP contribution < -0.4 is 0 Å².